The van der Waals surface area contributed by atoms with Crippen molar-refractivity contribution in [2.24, 2.45) is 5.73 Å². The largest absolute Gasteiger partial charge is 0.372 e. The number of rotatable bonds is 2. The molecule has 2 aromatic carbocycles. The number of halogens is 1. The highest BCUT2D eigenvalue weighted by Crippen LogP contribution is 2.28. The second-order valence-corrected chi connectivity index (χ2v) is 5.98. The predicted molar refractivity (Wildman–Crippen MR) is 79.8 cm³/mol. The van der Waals surface area contributed by atoms with E-state index in [1.165, 1.54) is 16.7 Å². The Labute approximate surface area is 121 Å². The van der Waals surface area contributed by atoms with Crippen LogP contribution in [0.4, 0.5) is 0 Å². The molecule has 2 N–H and O–H groups in total. The lowest BCUT2D eigenvalue weighted by molar-refractivity contribution is 0.134. The lowest BCUT2D eigenvalue weighted by Crippen LogP contribution is -2.12. The van der Waals surface area contributed by atoms with Crippen LogP contribution in [-0.2, 0) is 18.0 Å². The van der Waals surface area contributed by atoms with Crippen molar-refractivity contribution in [3.05, 3.63) is 68.7 Å². The second kappa shape index (κ2) is 5.08. The van der Waals surface area contributed by atoms with E-state index < -0.39 is 0 Å². The summed E-state index contributed by atoms with van der Waals surface area (Å²) in [6.45, 7) is 3.51. The van der Waals surface area contributed by atoms with E-state index in [1.54, 1.807) is 0 Å². The number of aryl methyl sites for hydroxylation is 1. The molecule has 2 nitrogen and oxygen atoms in total. The second-order valence-electron chi connectivity index (χ2n) is 5.06. The van der Waals surface area contributed by atoms with Gasteiger partial charge in [0.2, 0.25) is 0 Å². The molecule has 1 aliphatic heterocycles. The van der Waals surface area contributed by atoms with Crippen molar-refractivity contribution in [1.82, 2.24) is 0 Å². The molecule has 3 heteroatoms. The number of benzene rings is 2. The zero-order valence-electron chi connectivity index (χ0n) is 10.8. The van der Waals surface area contributed by atoms with Crippen LogP contribution in [0.3, 0.4) is 0 Å². The van der Waals surface area contributed by atoms with Gasteiger partial charge in [-0.25, -0.2) is 0 Å². The molecule has 98 valence electrons. The van der Waals surface area contributed by atoms with Gasteiger partial charge in [-0.3, -0.25) is 0 Å². The van der Waals surface area contributed by atoms with Gasteiger partial charge in [0, 0.05) is 4.47 Å². The normalized spacial score (nSPS) is 15.3. The van der Waals surface area contributed by atoms with Crippen molar-refractivity contribution in [3.63, 3.8) is 0 Å². The molecule has 0 bridgehead atoms. The molecule has 0 radical (unpaired) electrons. The number of nitrogens with two attached hydrogens (primary N) is 1. The van der Waals surface area contributed by atoms with E-state index in [9.17, 15) is 0 Å². The summed E-state index contributed by atoms with van der Waals surface area (Å²) in [5, 5.41) is 0. The van der Waals surface area contributed by atoms with E-state index in [1.807, 2.05) is 0 Å². The first-order chi connectivity index (χ1) is 9.13. The van der Waals surface area contributed by atoms with Gasteiger partial charge < -0.3 is 10.5 Å². The highest BCUT2D eigenvalue weighted by Gasteiger charge is 2.15. The van der Waals surface area contributed by atoms with Crippen molar-refractivity contribution in [1.29, 1.82) is 0 Å². The van der Waals surface area contributed by atoms with Crippen LogP contribution in [0.1, 0.15) is 33.9 Å². The maximum atomic E-state index is 6.39. The topological polar surface area (TPSA) is 35.2 Å². The number of ether oxygens (including phenoxy) is 1. The van der Waals surface area contributed by atoms with Crippen LogP contribution in [0.2, 0.25) is 0 Å². The van der Waals surface area contributed by atoms with Crippen LogP contribution in [0.25, 0.3) is 0 Å². The summed E-state index contributed by atoms with van der Waals surface area (Å²) in [6, 6.07) is 12.6. The Morgan fingerprint density at radius 2 is 1.84 bits per heavy atom. The van der Waals surface area contributed by atoms with Gasteiger partial charge in [-0.05, 0) is 46.9 Å². The SMILES string of the molecule is Cc1cc(Br)cc(C(N)c2ccc3c(c2)COC3)c1. The Morgan fingerprint density at radius 1 is 1.05 bits per heavy atom. The van der Waals surface area contributed by atoms with E-state index in [0.29, 0.717) is 6.61 Å². The van der Waals surface area contributed by atoms with Gasteiger partial charge in [-0.1, -0.05) is 40.2 Å². The molecule has 0 amide bonds. The summed E-state index contributed by atoms with van der Waals surface area (Å²) in [5.41, 5.74) is 12.4. The Balaban J connectivity index is 1.97. The zero-order chi connectivity index (χ0) is 13.4. The Bertz CT molecular complexity index is 604. The lowest BCUT2D eigenvalue weighted by atomic mass is 9.95. The average molecular weight is 318 g/mol. The van der Waals surface area contributed by atoms with Crippen LogP contribution < -0.4 is 5.73 Å². The highest BCUT2D eigenvalue weighted by atomic mass is 79.9. The number of fused-ring (bicyclic) bond motifs is 1. The summed E-state index contributed by atoms with van der Waals surface area (Å²) in [5.74, 6) is 0. The fourth-order valence-corrected chi connectivity index (χ4v) is 3.15. The van der Waals surface area contributed by atoms with Gasteiger partial charge in [0.15, 0.2) is 0 Å². The maximum absolute atomic E-state index is 6.39. The molecule has 1 aliphatic rings. The third-order valence-electron chi connectivity index (χ3n) is 3.53. The van der Waals surface area contributed by atoms with Gasteiger partial charge in [0.1, 0.15) is 0 Å². The van der Waals surface area contributed by atoms with E-state index in [4.69, 9.17) is 10.5 Å². The lowest BCUT2D eigenvalue weighted by Gasteiger charge is -2.15. The van der Waals surface area contributed by atoms with Crippen molar-refractivity contribution >= 4 is 15.9 Å². The summed E-state index contributed by atoms with van der Waals surface area (Å²) in [4.78, 5) is 0. The average Bonchev–Trinajstić information content (AvgIpc) is 2.83. The molecule has 0 fully saturated rings. The molecule has 1 atom stereocenters. The van der Waals surface area contributed by atoms with Crippen molar-refractivity contribution in [2.75, 3.05) is 0 Å². The van der Waals surface area contributed by atoms with Crippen LogP contribution in [0.15, 0.2) is 40.9 Å². The summed E-state index contributed by atoms with van der Waals surface area (Å²) >= 11 is 3.53. The minimum absolute atomic E-state index is 0.0953. The van der Waals surface area contributed by atoms with Crippen molar-refractivity contribution in [3.8, 4) is 0 Å². The Hall–Kier alpha value is -1.16. The van der Waals surface area contributed by atoms with Gasteiger partial charge in [-0.15, -0.1) is 0 Å². The molecule has 1 heterocycles. The Morgan fingerprint density at radius 3 is 2.63 bits per heavy atom. The first-order valence-corrected chi connectivity index (χ1v) is 7.15. The molecule has 0 saturated carbocycles. The first-order valence-electron chi connectivity index (χ1n) is 6.35. The zero-order valence-corrected chi connectivity index (χ0v) is 12.4. The molecule has 1 unspecified atom stereocenters. The minimum atomic E-state index is -0.0953. The molecule has 2 aromatic rings. The fraction of sp³-hybridized carbons (Fsp3) is 0.250. The van der Waals surface area contributed by atoms with Crippen LogP contribution in [0.5, 0.6) is 0 Å². The van der Waals surface area contributed by atoms with Crippen LogP contribution in [-0.4, -0.2) is 0 Å². The van der Waals surface area contributed by atoms with Gasteiger partial charge in [0.25, 0.3) is 0 Å². The smallest absolute Gasteiger partial charge is 0.0725 e. The Kier molecular flexibility index (Phi) is 3.44. The molecule has 0 saturated heterocycles. The molecular weight excluding hydrogens is 302 g/mol. The third kappa shape index (κ3) is 2.59. The highest BCUT2D eigenvalue weighted by molar-refractivity contribution is 9.10. The molecule has 0 aliphatic carbocycles. The third-order valence-corrected chi connectivity index (χ3v) is 3.99. The molecule has 3 rings (SSSR count). The number of hydrogen-bond donors (Lipinski definition) is 1. The maximum Gasteiger partial charge on any atom is 0.0725 e. The summed E-state index contributed by atoms with van der Waals surface area (Å²) in [7, 11) is 0. The van der Waals surface area contributed by atoms with Crippen LogP contribution in [0, 0.1) is 6.92 Å². The van der Waals surface area contributed by atoms with Crippen LogP contribution >= 0.6 is 15.9 Å². The predicted octanol–water partition coefficient (Wildman–Crippen LogP) is 3.84. The molecule has 19 heavy (non-hydrogen) atoms. The van der Waals surface area contributed by atoms with Gasteiger partial charge in [0.05, 0.1) is 19.3 Å². The first kappa shape index (κ1) is 12.9. The van der Waals surface area contributed by atoms with Crippen molar-refractivity contribution < 1.29 is 4.74 Å². The quantitative estimate of drug-likeness (QED) is 0.913. The minimum Gasteiger partial charge on any atom is -0.372 e. The summed E-state index contributed by atoms with van der Waals surface area (Å²) < 4.78 is 6.52. The summed E-state index contributed by atoms with van der Waals surface area (Å²) in [6.07, 6.45) is 0. The van der Waals surface area contributed by atoms with Gasteiger partial charge in [-0.2, -0.15) is 0 Å². The number of hydrogen-bond acceptors (Lipinski definition) is 2. The standard InChI is InChI=1S/C16H16BrNO/c1-10-4-13(7-15(17)5-10)16(18)11-2-3-12-8-19-9-14(12)6-11/h2-7,16H,8-9,18H2,1H3. The molecule has 0 spiro atoms. The monoisotopic (exact) mass is 317 g/mol. The molecular formula is C16H16BrNO. The molecule has 0 aromatic heterocycles. The van der Waals surface area contributed by atoms with E-state index in [-0.39, 0.29) is 6.04 Å². The van der Waals surface area contributed by atoms with E-state index in [2.05, 4.69) is 59.3 Å². The van der Waals surface area contributed by atoms with Crippen molar-refractivity contribution in [2.45, 2.75) is 26.2 Å². The fourth-order valence-electron chi connectivity index (χ4n) is 2.52. The van der Waals surface area contributed by atoms with E-state index in [0.717, 1.165) is 22.2 Å². The van der Waals surface area contributed by atoms with Gasteiger partial charge >= 0.3 is 0 Å². The van der Waals surface area contributed by atoms with E-state index >= 15 is 0 Å².